The number of rotatable bonds is 1. The van der Waals surface area contributed by atoms with Crippen molar-refractivity contribution in [3.05, 3.63) is 17.0 Å². The van der Waals surface area contributed by atoms with Crippen molar-refractivity contribution in [2.45, 2.75) is 38.0 Å². The lowest BCUT2D eigenvalue weighted by molar-refractivity contribution is 0.0689. The number of H-pyrrole nitrogens is 1. The Bertz CT molecular complexity index is 485. The van der Waals surface area contributed by atoms with E-state index >= 15 is 0 Å². The first-order valence-electron chi connectivity index (χ1n) is 6.04. The highest BCUT2D eigenvalue weighted by Crippen LogP contribution is 2.76. The minimum absolute atomic E-state index is 0.329. The molecule has 2 fully saturated rings. The molecular weight excluding hydrogens is 204 g/mol. The van der Waals surface area contributed by atoms with Crippen molar-refractivity contribution in [1.82, 2.24) is 10.2 Å². The van der Waals surface area contributed by atoms with Crippen LogP contribution in [0.3, 0.4) is 0 Å². The largest absolute Gasteiger partial charge is 0.477 e. The van der Waals surface area contributed by atoms with E-state index in [0.717, 1.165) is 17.7 Å². The lowest BCUT2D eigenvalue weighted by Gasteiger charge is -2.11. The first-order chi connectivity index (χ1) is 7.74. The molecule has 0 radical (unpaired) electrons. The van der Waals surface area contributed by atoms with Crippen molar-refractivity contribution in [3.8, 4) is 0 Å². The van der Waals surface area contributed by atoms with Crippen molar-refractivity contribution in [3.63, 3.8) is 0 Å². The van der Waals surface area contributed by atoms with Crippen LogP contribution in [0, 0.1) is 11.3 Å². The van der Waals surface area contributed by atoms with Gasteiger partial charge in [-0.05, 0) is 30.6 Å². The van der Waals surface area contributed by atoms with Crippen molar-refractivity contribution in [2.24, 2.45) is 11.3 Å². The Hall–Kier alpha value is -1.32. The number of nitrogens with zero attached hydrogens (tertiary/aromatic N) is 1. The highest BCUT2D eigenvalue weighted by molar-refractivity contribution is 5.88. The van der Waals surface area contributed by atoms with Gasteiger partial charge in [-0.15, -0.1) is 0 Å². The molecule has 4 rings (SSSR count). The predicted molar refractivity (Wildman–Crippen MR) is 56.4 cm³/mol. The fourth-order valence-corrected chi connectivity index (χ4v) is 4.32. The number of fused-ring (bicyclic) bond motifs is 5. The highest BCUT2D eigenvalue weighted by atomic mass is 16.4. The van der Waals surface area contributed by atoms with Gasteiger partial charge < -0.3 is 5.11 Å². The van der Waals surface area contributed by atoms with Gasteiger partial charge in [-0.25, -0.2) is 4.79 Å². The topological polar surface area (TPSA) is 66.0 Å². The smallest absolute Gasteiger partial charge is 0.354 e. The normalized spacial score (nSPS) is 32.8. The molecule has 1 heterocycles. The third-order valence-corrected chi connectivity index (χ3v) is 5.02. The van der Waals surface area contributed by atoms with Gasteiger partial charge in [-0.2, -0.15) is 5.10 Å². The maximum absolute atomic E-state index is 11.0. The summed E-state index contributed by atoms with van der Waals surface area (Å²) in [5.41, 5.74) is 2.91. The molecule has 4 heteroatoms. The maximum Gasteiger partial charge on any atom is 0.354 e. The Morgan fingerprint density at radius 1 is 1.44 bits per heavy atom. The fraction of sp³-hybridized carbons (Fsp3) is 0.667. The maximum atomic E-state index is 11.0. The summed E-state index contributed by atoms with van der Waals surface area (Å²) >= 11 is 0. The number of nitrogens with one attached hydrogen (secondary N) is 1. The van der Waals surface area contributed by atoms with E-state index in [-0.39, 0.29) is 0 Å². The number of carbonyl (C=O) groups is 1. The van der Waals surface area contributed by atoms with Gasteiger partial charge in [0.1, 0.15) is 5.69 Å². The van der Waals surface area contributed by atoms with Gasteiger partial charge in [0.05, 0.1) is 5.69 Å². The molecule has 0 aliphatic heterocycles. The molecule has 2 atom stereocenters. The van der Waals surface area contributed by atoms with Crippen LogP contribution >= 0.6 is 0 Å². The zero-order valence-corrected chi connectivity index (χ0v) is 8.99. The van der Waals surface area contributed by atoms with Crippen molar-refractivity contribution >= 4 is 5.97 Å². The molecule has 0 amide bonds. The number of aromatic amines is 1. The van der Waals surface area contributed by atoms with E-state index in [2.05, 4.69) is 10.2 Å². The molecule has 0 saturated heterocycles. The van der Waals surface area contributed by atoms with Gasteiger partial charge in [0.15, 0.2) is 0 Å². The molecule has 84 valence electrons. The second-order valence-corrected chi connectivity index (χ2v) is 5.50. The fourth-order valence-electron chi connectivity index (χ4n) is 4.32. The highest BCUT2D eigenvalue weighted by Gasteiger charge is 2.69. The zero-order valence-electron chi connectivity index (χ0n) is 8.99. The molecule has 0 bridgehead atoms. The third kappa shape index (κ3) is 0.794. The van der Waals surface area contributed by atoms with E-state index < -0.39 is 5.97 Å². The molecule has 1 aromatic heterocycles. The summed E-state index contributed by atoms with van der Waals surface area (Å²) < 4.78 is 0. The minimum Gasteiger partial charge on any atom is -0.477 e. The molecule has 1 spiro atoms. The van der Waals surface area contributed by atoms with Gasteiger partial charge in [0.2, 0.25) is 0 Å². The number of aromatic nitrogens is 2. The Morgan fingerprint density at radius 2 is 2.19 bits per heavy atom. The minimum atomic E-state index is -0.865. The Balaban J connectivity index is 1.75. The van der Waals surface area contributed by atoms with Gasteiger partial charge in [0, 0.05) is 11.5 Å². The Morgan fingerprint density at radius 3 is 2.88 bits per heavy atom. The molecule has 0 unspecified atom stereocenters. The van der Waals surface area contributed by atoms with E-state index in [9.17, 15) is 4.79 Å². The quantitative estimate of drug-likeness (QED) is 0.757. The summed E-state index contributed by atoms with van der Waals surface area (Å²) in [6.07, 6.45) is 6.29. The summed E-state index contributed by atoms with van der Waals surface area (Å²) in [6, 6.07) is 0. The zero-order chi connectivity index (χ0) is 10.9. The van der Waals surface area contributed by atoms with Crippen molar-refractivity contribution in [2.75, 3.05) is 0 Å². The van der Waals surface area contributed by atoms with Gasteiger partial charge >= 0.3 is 5.97 Å². The molecule has 16 heavy (non-hydrogen) atoms. The molecule has 1 aromatic rings. The lowest BCUT2D eigenvalue weighted by atomic mass is 9.92. The molecular formula is C12H14N2O2. The number of carboxylic acids is 1. The summed E-state index contributed by atoms with van der Waals surface area (Å²) in [6.45, 7) is 0. The molecule has 4 nitrogen and oxygen atoms in total. The summed E-state index contributed by atoms with van der Waals surface area (Å²) in [7, 11) is 0. The van der Waals surface area contributed by atoms with Crippen LogP contribution in [0.2, 0.25) is 0 Å². The van der Waals surface area contributed by atoms with Gasteiger partial charge in [0.25, 0.3) is 0 Å². The van der Waals surface area contributed by atoms with Crippen molar-refractivity contribution in [1.29, 1.82) is 0 Å². The molecule has 3 aliphatic carbocycles. The first kappa shape index (κ1) is 8.79. The van der Waals surface area contributed by atoms with Crippen LogP contribution in [0.5, 0.6) is 0 Å². The standard InChI is InChI=1S/C12H14N2O2/c15-11(16)10-6-5-7-8(9(6)13-14-10)12(7)3-1-2-4-12/h7-8H,1-5H2,(H,13,14)(H,15,16)/t7-,8-/m0/s1. The van der Waals surface area contributed by atoms with Crippen LogP contribution in [-0.4, -0.2) is 21.3 Å². The molecule has 2 N–H and O–H groups in total. The summed E-state index contributed by atoms with van der Waals surface area (Å²) in [5, 5.41) is 16.0. The average molecular weight is 218 g/mol. The van der Waals surface area contributed by atoms with Crippen LogP contribution in [0.4, 0.5) is 0 Å². The van der Waals surface area contributed by atoms with E-state index in [0.29, 0.717) is 22.9 Å². The molecule has 2 saturated carbocycles. The van der Waals surface area contributed by atoms with E-state index in [1.807, 2.05) is 0 Å². The summed E-state index contributed by atoms with van der Waals surface area (Å²) in [4.78, 5) is 11.0. The van der Waals surface area contributed by atoms with Crippen molar-refractivity contribution < 1.29 is 9.90 Å². The number of hydrogen-bond acceptors (Lipinski definition) is 2. The van der Waals surface area contributed by atoms with E-state index in [4.69, 9.17) is 5.11 Å². The lowest BCUT2D eigenvalue weighted by Crippen LogP contribution is -2.07. The van der Waals surface area contributed by atoms with Crippen LogP contribution in [-0.2, 0) is 6.42 Å². The molecule has 3 aliphatic rings. The second-order valence-electron chi connectivity index (χ2n) is 5.50. The monoisotopic (exact) mass is 218 g/mol. The first-order valence-corrected chi connectivity index (χ1v) is 6.04. The van der Waals surface area contributed by atoms with E-state index in [1.165, 1.54) is 25.7 Å². The Labute approximate surface area is 93.1 Å². The van der Waals surface area contributed by atoms with E-state index in [1.54, 1.807) is 0 Å². The second kappa shape index (κ2) is 2.50. The number of hydrogen-bond donors (Lipinski definition) is 2. The predicted octanol–water partition coefficient (Wildman–Crippen LogP) is 1.94. The molecule has 0 aromatic carbocycles. The van der Waals surface area contributed by atoms with Gasteiger partial charge in [-0.1, -0.05) is 12.8 Å². The van der Waals surface area contributed by atoms with Crippen LogP contribution in [0.1, 0.15) is 53.3 Å². The van der Waals surface area contributed by atoms with Crippen LogP contribution in [0.25, 0.3) is 0 Å². The van der Waals surface area contributed by atoms with Crippen LogP contribution < -0.4 is 0 Å². The van der Waals surface area contributed by atoms with Gasteiger partial charge in [-0.3, -0.25) is 5.10 Å². The Kier molecular flexibility index (Phi) is 1.37. The number of carboxylic acid groups (broad SMARTS) is 1. The average Bonchev–Trinajstić information content (AvgIpc) is 2.69. The third-order valence-electron chi connectivity index (χ3n) is 5.02. The summed E-state index contributed by atoms with van der Waals surface area (Å²) in [5.74, 6) is 0.421. The SMILES string of the molecule is O=C(O)c1[nH]nc2c1C[C@H]1[C@@H]2C12CCCC2. The number of aromatic carboxylic acids is 1. The van der Waals surface area contributed by atoms with Crippen LogP contribution in [0.15, 0.2) is 0 Å².